The highest BCUT2D eigenvalue weighted by Crippen LogP contribution is 2.49. The highest BCUT2D eigenvalue weighted by Gasteiger charge is 2.24. The fourth-order valence-electron chi connectivity index (χ4n) is 4.81. The second-order valence-electron chi connectivity index (χ2n) is 9.65. The first-order chi connectivity index (χ1) is 14.9. The smallest absolute Gasteiger partial charge is 0.138 e. The highest BCUT2D eigenvalue weighted by molar-refractivity contribution is 6.32. The van der Waals surface area contributed by atoms with E-state index in [4.69, 9.17) is 21.3 Å². The van der Waals surface area contributed by atoms with Gasteiger partial charge in [0.25, 0.3) is 0 Å². The molecule has 0 saturated heterocycles. The number of benzene rings is 4. The Morgan fingerprint density at radius 1 is 0.839 bits per heavy atom. The van der Waals surface area contributed by atoms with Crippen molar-refractivity contribution in [3.05, 3.63) is 77.4 Å². The lowest BCUT2D eigenvalue weighted by Crippen LogP contribution is -2.09. The van der Waals surface area contributed by atoms with Gasteiger partial charge in [-0.05, 0) is 80.7 Å². The summed E-state index contributed by atoms with van der Waals surface area (Å²) in [5.74, 6) is 1.72. The average molecular weight is 424 g/mol. The van der Waals surface area contributed by atoms with Crippen LogP contribution in [0, 0.1) is 5.41 Å². The van der Waals surface area contributed by atoms with Gasteiger partial charge in [0.15, 0.2) is 0 Å². The van der Waals surface area contributed by atoms with Gasteiger partial charge in [-0.3, -0.25) is 4.98 Å². The Kier molecular flexibility index (Phi) is 3.88. The Labute approximate surface area is 186 Å². The maximum atomic E-state index is 6.51. The van der Waals surface area contributed by atoms with Crippen LogP contribution in [0.4, 0.5) is 0 Å². The Morgan fingerprint density at radius 3 is 2.52 bits per heavy atom. The van der Waals surface area contributed by atoms with E-state index < -0.39 is 0 Å². The number of hydrogen-bond donors (Lipinski definition) is 0. The van der Waals surface area contributed by atoms with Crippen molar-refractivity contribution >= 4 is 43.9 Å². The minimum atomic E-state index is 0.213. The van der Waals surface area contributed by atoms with Crippen molar-refractivity contribution in [3.8, 4) is 22.8 Å². The molecule has 0 N–H and O–H groups in total. The second kappa shape index (κ2) is 6.45. The van der Waals surface area contributed by atoms with Gasteiger partial charge < -0.3 is 4.74 Å². The van der Waals surface area contributed by atoms with Crippen LogP contribution in [0.25, 0.3) is 43.6 Å². The molecule has 0 atom stereocenters. The minimum Gasteiger partial charge on any atom is -0.456 e. The molecule has 0 bridgehead atoms. The molecule has 0 saturated carbocycles. The first-order valence-electron chi connectivity index (χ1n) is 10.6. The van der Waals surface area contributed by atoms with Gasteiger partial charge in [0.05, 0.1) is 11.1 Å². The Hall–Kier alpha value is -3.10. The quantitative estimate of drug-likeness (QED) is 0.247. The lowest BCUT2D eigenvalue weighted by Gasteiger charge is -2.24. The maximum Gasteiger partial charge on any atom is 0.138 e. The van der Waals surface area contributed by atoms with Crippen molar-refractivity contribution in [3.63, 3.8) is 0 Å². The minimum absolute atomic E-state index is 0.213. The molecule has 0 fully saturated rings. The molecule has 0 unspecified atom stereocenters. The number of halogens is 1. The largest absolute Gasteiger partial charge is 0.456 e. The number of aromatic nitrogens is 1. The molecule has 0 amide bonds. The van der Waals surface area contributed by atoms with Crippen LogP contribution < -0.4 is 4.74 Å². The maximum absolute atomic E-state index is 6.51. The van der Waals surface area contributed by atoms with Gasteiger partial charge >= 0.3 is 0 Å². The molecule has 31 heavy (non-hydrogen) atoms. The molecule has 6 rings (SSSR count). The number of fused-ring (bicyclic) bond motifs is 5. The van der Waals surface area contributed by atoms with Crippen LogP contribution in [0.1, 0.15) is 26.3 Å². The van der Waals surface area contributed by atoms with Gasteiger partial charge in [0, 0.05) is 16.8 Å². The van der Waals surface area contributed by atoms with Crippen molar-refractivity contribution in [1.82, 2.24) is 4.98 Å². The van der Waals surface area contributed by atoms with Crippen LogP contribution in [-0.2, 0) is 6.42 Å². The molecule has 3 heteroatoms. The molecule has 5 aromatic rings. The Balaban J connectivity index is 1.65. The Morgan fingerprint density at radius 2 is 1.68 bits per heavy atom. The fraction of sp³-hybridized carbons (Fsp3) is 0.179. The zero-order valence-electron chi connectivity index (χ0n) is 17.8. The average Bonchev–Trinajstić information content (AvgIpc) is 2.73. The van der Waals surface area contributed by atoms with E-state index in [2.05, 4.69) is 69.3 Å². The summed E-state index contributed by atoms with van der Waals surface area (Å²) in [6, 6.07) is 21.1. The summed E-state index contributed by atoms with van der Waals surface area (Å²) in [7, 11) is 0. The SMILES string of the molecule is CC(C)(C)Cc1cccc2cc3c(cc12)Oc1cc2ccc(Cl)cc2c2ccnc-3c12. The monoisotopic (exact) mass is 423 g/mol. The molecule has 2 nitrogen and oxygen atoms in total. The summed E-state index contributed by atoms with van der Waals surface area (Å²) >= 11 is 6.31. The van der Waals surface area contributed by atoms with Crippen molar-refractivity contribution < 1.29 is 4.74 Å². The molecule has 4 aromatic carbocycles. The summed E-state index contributed by atoms with van der Waals surface area (Å²) in [5, 5.41) is 7.60. The summed E-state index contributed by atoms with van der Waals surface area (Å²) in [4.78, 5) is 4.78. The van der Waals surface area contributed by atoms with E-state index in [0.29, 0.717) is 0 Å². The first-order valence-corrected chi connectivity index (χ1v) is 11.0. The summed E-state index contributed by atoms with van der Waals surface area (Å²) < 4.78 is 6.51. The molecule has 1 aromatic heterocycles. The molecule has 2 heterocycles. The Bertz CT molecular complexity index is 1530. The lowest BCUT2D eigenvalue weighted by atomic mass is 9.85. The van der Waals surface area contributed by atoms with Crippen molar-refractivity contribution in [2.45, 2.75) is 27.2 Å². The van der Waals surface area contributed by atoms with Gasteiger partial charge in [-0.25, -0.2) is 0 Å². The third kappa shape index (κ3) is 2.97. The number of ether oxygens (including phenoxy) is 1. The summed E-state index contributed by atoms with van der Waals surface area (Å²) in [6.07, 6.45) is 2.90. The zero-order chi connectivity index (χ0) is 21.3. The summed E-state index contributed by atoms with van der Waals surface area (Å²) in [6.45, 7) is 6.83. The third-order valence-electron chi connectivity index (χ3n) is 6.06. The van der Waals surface area contributed by atoms with Crippen LogP contribution in [0.15, 0.2) is 66.9 Å². The molecular weight excluding hydrogens is 402 g/mol. The van der Waals surface area contributed by atoms with Gasteiger partial charge in [0.1, 0.15) is 11.5 Å². The number of hydrogen-bond acceptors (Lipinski definition) is 2. The predicted octanol–water partition coefficient (Wildman–Crippen LogP) is 8.56. The normalized spacial score (nSPS) is 12.9. The van der Waals surface area contributed by atoms with Crippen LogP contribution in [0.3, 0.4) is 0 Å². The van der Waals surface area contributed by atoms with E-state index in [0.717, 1.165) is 55.7 Å². The van der Waals surface area contributed by atoms with Crippen molar-refractivity contribution in [2.24, 2.45) is 5.41 Å². The standard InChI is InChI=1S/C28H22ClNO/c1-28(2,3)15-18-6-4-5-16-11-23-24(14-21(16)18)31-25-12-17-7-8-19(29)13-22(17)20-9-10-30-27(23)26(20)25/h4-14H,15H2,1-3H3. The molecule has 0 aliphatic carbocycles. The molecule has 0 radical (unpaired) electrons. The predicted molar refractivity (Wildman–Crippen MR) is 130 cm³/mol. The first kappa shape index (κ1) is 18.7. The van der Waals surface area contributed by atoms with Gasteiger partial charge in [0.2, 0.25) is 0 Å². The highest BCUT2D eigenvalue weighted by atomic mass is 35.5. The van der Waals surface area contributed by atoms with Crippen LogP contribution in [0.5, 0.6) is 11.5 Å². The molecule has 1 aliphatic rings. The molecule has 0 spiro atoms. The number of pyridine rings is 1. The van der Waals surface area contributed by atoms with E-state index in [1.165, 1.54) is 16.3 Å². The number of rotatable bonds is 1. The van der Waals surface area contributed by atoms with Crippen LogP contribution in [0.2, 0.25) is 5.02 Å². The van der Waals surface area contributed by atoms with Crippen molar-refractivity contribution in [1.29, 1.82) is 0 Å². The molecular formula is C28H22ClNO. The molecule has 1 aliphatic heterocycles. The third-order valence-corrected chi connectivity index (χ3v) is 6.29. The van der Waals surface area contributed by atoms with E-state index in [-0.39, 0.29) is 5.41 Å². The molecule has 152 valence electrons. The second-order valence-corrected chi connectivity index (χ2v) is 10.1. The van der Waals surface area contributed by atoms with Crippen molar-refractivity contribution in [2.75, 3.05) is 0 Å². The van der Waals surface area contributed by atoms with Gasteiger partial charge in [-0.2, -0.15) is 0 Å². The zero-order valence-corrected chi connectivity index (χ0v) is 18.5. The van der Waals surface area contributed by atoms with E-state index in [1.807, 2.05) is 18.3 Å². The van der Waals surface area contributed by atoms with Gasteiger partial charge in [-0.1, -0.05) is 56.6 Å². The van der Waals surface area contributed by atoms with E-state index in [1.54, 1.807) is 0 Å². The summed E-state index contributed by atoms with van der Waals surface area (Å²) in [5.41, 5.74) is 3.57. The lowest BCUT2D eigenvalue weighted by molar-refractivity contribution is 0.412. The van der Waals surface area contributed by atoms with Crippen LogP contribution in [-0.4, -0.2) is 4.98 Å². The van der Waals surface area contributed by atoms with E-state index >= 15 is 0 Å². The van der Waals surface area contributed by atoms with Crippen LogP contribution >= 0.6 is 11.6 Å². The number of nitrogens with zero attached hydrogens (tertiary/aromatic N) is 1. The van der Waals surface area contributed by atoms with Gasteiger partial charge in [-0.15, -0.1) is 0 Å². The topological polar surface area (TPSA) is 22.1 Å². The fourth-order valence-corrected chi connectivity index (χ4v) is 4.98. The van der Waals surface area contributed by atoms with E-state index in [9.17, 15) is 0 Å².